The van der Waals surface area contributed by atoms with Gasteiger partial charge in [-0.1, -0.05) is 0 Å². The van der Waals surface area contributed by atoms with Crippen molar-refractivity contribution >= 4 is 11.9 Å². The molecule has 1 fully saturated rings. The summed E-state index contributed by atoms with van der Waals surface area (Å²) in [7, 11) is 0. The van der Waals surface area contributed by atoms with Gasteiger partial charge in [-0.15, -0.1) is 0 Å². The molecule has 2 rings (SSSR count). The van der Waals surface area contributed by atoms with Gasteiger partial charge in [0, 0.05) is 11.8 Å². The molecule has 0 aromatic carbocycles. The average Bonchev–Trinajstić information content (AvgIpc) is 2.70. The van der Waals surface area contributed by atoms with Crippen LogP contribution in [-0.2, 0) is 9.53 Å². The highest BCUT2D eigenvalue weighted by molar-refractivity contribution is 5.76. The zero-order valence-corrected chi connectivity index (χ0v) is 12.7. The van der Waals surface area contributed by atoms with Crippen molar-refractivity contribution in [2.75, 3.05) is 18.5 Å². The molecule has 1 aromatic rings. The summed E-state index contributed by atoms with van der Waals surface area (Å²) in [5.74, 6) is -0.0756. The van der Waals surface area contributed by atoms with Gasteiger partial charge in [0.25, 0.3) is 0 Å². The molecule has 0 spiro atoms. The number of ether oxygens (including phenoxy) is 2. The van der Waals surface area contributed by atoms with E-state index in [1.165, 1.54) is 0 Å². The van der Waals surface area contributed by atoms with Crippen molar-refractivity contribution in [3.05, 3.63) is 11.8 Å². The molecule has 116 valence electrons. The lowest BCUT2D eigenvalue weighted by Crippen LogP contribution is -2.43. The number of carboxylic acid groups (broad SMARTS) is 1. The van der Waals surface area contributed by atoms with E-state index >= 15 is 0 Å². The van der Waals surface area contributed by atoms with Crippen molar-refractivity contribution in [3.8, 4) is 5.88 Å². The molecule has 0 aliphatic carbocycles. The topological polar surface area (TPSA) is 93.6 Å². The second-order valence-electron chi connectivity index (χ2n) is 5.77. The Kier molecular flexibility index (Phi) is 4.32. The zero-order valence-electron chi connectivity index (χ0n) is 12.7. The van der Waals surface area contributed by atoms with E-state index in [9.17, 15) is 9.90 Å². The standard InChI is InChI=1S/C14H21N3O4/c1-8(2)21-11-5-9(3)15-13(17-11)16-10-6-20-7-14(10,4)12(18)19/h5,8,10H,6-7H2,1-4H3,(H,18,19)(H,15,16,17). The lowest BCUT2D eigenvalue weighted by molar-refractivity contribution is -0.148. The zero-order chi connectivity index (χ0) is 15.6. The van der Waals surface area contributed by atoms with Gasteiger partial charge < -0.3 is 19.9 Å². The van der Waals surface area contributed by atoms with Gasteiger partial charge in [0.05, 0.1) is 25.4 Å². The Hall–Kier alpha value is -1.89. The number of carbonyl (C=O) groups is 1. The van der Waals surface area contributed by atoms with Gasteiger partial charge in [-0.25, -0.2) is 4.98 Å². The minimum absolute atomic E-state index is 0.00579. The van der Waals surface area contributed by atoms with Crippen LogP contribution in [0.3, 0.4) is 0 Å². The fraction of sp³-hybridized carbons (Fsp3) is 0.643. The van der Waals surface area contributed by atoms with Gasteiger partial charge in [-0.3, -0.25) is 4.79 Å². The van der Waals surface area contributed by atoms with E-state index in [-0.39, 0.29) is 18.8 Å². The van der Waals surface area contributed by atoms with Crippen molar-refractivity contribution in [1.82, 2.24) is 9.97 Å². The molecule has 2 atom stereocenters. The van der Waals surface area contributed by atoms with Crippen LogP contribution in [0.15, 0.2) is 6.07 Å². The van der Waals surface area contributed by atoms with Gasteiger partial charge >= 0.3 is 5.97 Å². The summed E-state index contributed by atoms with van der Waals surface area (Å²) in [4.78, 5) is 20.0. The number of carboxylic acids is 1. The molecular weight excluding hydrogens is 274 g/mol. The Morgan fingerprint density at radius 3 is 2.90 bits per heavy atom. The molecule has 0 saturated carbocycles. The van der Waals surface area contributed by atoms with Gasteiger partial charge in [0.2, 0.25) is 11.8 Å². The normalized spacial score (nSPS) is 25.1. The number of hydrogen-bond donors (Lipinski definition) is 2. The molecule has 7 nitrogen and oxygen atoms in total. The van der Waals surface area contributed by atoms with Crippen molar-refractivity contribution in [3.63, 3.8) is 0 Å². The molecule has 1 aliphatic heterocycles. The number of aromatic nitrogens is 2. The van der Waals surface area contributed by atoms with Crippen LogP contribution in [0.2, 0.25) is 0 Å². The van der Waals surface area contributed by atoms with Crippen LogP contribution in [0.1, 0.15) is 26.5 Å². The number of anilines is 1. The number of aliphatic carboxylic acids is 1. The Morgan fingerprint density at radius 2 is 2.29 bits per heavy atom. The molecule has 2 N–H and O–H groups in total. The molecule has 7 heteroatoms. The van der Waals surface area contributed by atoms with Crippen molar-refractivity contribution in [2.45, 2.75) is 39.8 Å². The second-order valence-corrected chi connectivity index (χ2v) is 5.77. The Bertz CT molecular complexity index is 535. The molecule has 0 amide bonds. The molecule has 2 heterocycles. The molecule has 1 saturated heterocycles. The van der Waals surface area contributed by atoms with Crippen LogP contribution in [0.25, 0.3) is 0 Å². The van der Waals surface area contributed by atoms with E-state index in [4.69, 9.17) is 9.47 Å². The lowest BCUT2D eigenvalue weighted by atomic mass is 9.85. The third kappa shape index (κ3) is 3.41. The second kappa shape index (κ2) is 5.85. The molecule has 0 bridgehead atoms. The minimum atomic E-state index is -0.994. The first kappa shape index (κ1) is 15.5. The van der Waals surface area contributed by atoms with Crippen LogP contribution in [0.5, 0.6) is 5.88 Å². The average molecular weight is 295 g/mol. The predicted molar refractivity (Wildman–Crippen MR) is 76.5 cm³/mol. The van der Waals surface area contributed by atoms with Crippen LogP contribution >= 0.6 is 0 Å². The van der Waals surface area contributed by atoms with E-state index in [1.54, 1.807) is 13.0 Å². The minimum Gasteiger partial charge on any atom is -0.481 e. The molecule has 0 radical (unpaired) electrons. The van der Waals surface area contributed by atoms with E-state index in [2.05, 4.69) is 15.3 Å². The van der Waals surface area contributed by atoms with Crippen LogP contribution < -0.4 is 10.1 Å². The first-order valence-corrected chi connectivity index (χ1v) is 6.91. The first-order valence-electron chi connectivity index (χ1n) is 6.91. The Morgan fingerprint density at radius 1 is 1.57 bits per heavy atom. The summed E-state index contributed by atoms with van der Waals surface area (Å²) in [6.45, 7) is 7.79. The third-order valence-electron chi connectivity index (χ3n) is 3.43. The summed E-state index contributed by atoms with van der Waals surface area (Å²) < 4.78 is 10.9. The maximum Gasteiger partial charge on any atom is 0.313 e. The van der Waals surface area contributed by atoms with Gasteiger partial charge in [-0.05, 0) is 27.7 Å². The first-order chi connectivity index (χ1) is 9.81. The third-order valence-corrected chi connectivity index (χ3v) is 3.43. The smallest absolute Gasteiger partial charge is 0.313 e. The SMILES string of the molecule is Cc1cc(OC(C)C)nc(NC2COCC2(C)C(=O)O)n1. The van der Waals surface area contributed by atoms with Gasteiger partial charge in [-0.2, -0.15) is 4.98 Å². The molecular formula is C14H21N3O4. The van der Waals surface area contributed by atoms with Crippen molar-refractivity contribution < 1.29 is 19.4 Å². The fourth-order valence-corrected chi connectivity index (χ4v) is 2.15. The van der Waals surface area contributed by atoms with E-state index < -0.39 is 11.4 Å². The summed E-state index contributed by atoms with van der Waals surface area (Å²) in [6.07, 6.45) is 0.00579. The quantitative estimate of drug-likeness (QED) is 0.849. The van der Waals surface area contributed by atoms with Gasteiger partial charge in [0.15, 0.2) is 0 Å². The van der Waals surface area contributed by atoms with Crippen LogP contribution in [0, 0.1) is 12.3 Å². The maximum atomic E-state index is 11.4. The lowest BCUT2D eigenvalue weighted by Gasteiger charge is -2.25. The van der Waals surface area contributed by atoms with Crippen molar-refractivity contribution in [2.24, 2.45) is 5.41 Å². The molecule has 2 unspecified atom stereocenters. The highest BCUT2D eigenvalue weighted by Gasteiger charge is 2.47. The molecule has 1 aliphatic rings. The van der Waals surface area contributed by atoms with Crippen LogP contribution in [0.4, 0.5) is 5.95 Å². The largest absolute Gasteiger partial charge is 0.481 e. The predicted octanol–water partition coefficient (Wildman–Crippen LogP) is 1.47. The maximum absolute atomic E-state index is 11.4. The number of rotatable bonds is 5. The summed E-state index contributed by atoms with van der Waals surface area (Å²) in [6, 6.07) is 1.36. The summed E-state index contributed by atoms with van der Waals surface area (Å²) >= 11 is 0. The Balaban J connectivity index is 2.19. The monoisotopic (exact) mass is 295 g/mol. The van der Waals surface area contributed by atoms with Gasteiger partial charge in [0.1, 0.15) is 5.41 Å². The van der Waals surface area contributed by atoms with E-state index in [0.717, 1.165) is 5.69 Å². The summed E-state index contributed by atoms with van der Waals surface area (Å²) in [5.41, 5.74) is -0.245. The molecule has 21 heavy (non-hydrogen) atoms. The number of nitrogens with zero attached hydrogens (tertiary/aromatic N) is 2. The number of aryl methyl sites for hydroxylation is 1. The molecule has 1 aromatic heterocycles. The summed E-state index contributed by atoms with van der Waals surface area (Å²) in [5, 5.41) is 12.4. The van der Waals surface area contributed by atoms with Crippen molar-refractivity contribution in [1.29, 1.82) is 0 Å². The van der Waals surface area contributed by atoms with Crippen LogP contribution in [-0.4, -0.2) is 46.4 Å². The fourth-order valence-electron chi connectivity index (χ4n) is 2.15. The number of hydrogen-bond acceptors (Lipinski definition) is 6. The van der Waals surface area contributed by atoms with E-state index in [0.29, 0.717) is 18.4 Å². The Labute approximate surface area is 123 Å². The van der Waals surface area contributed by atoms with E-state index in [1.807, 2.05) is 20.8 Å². The highest BCUT2D eigenvalue weighted by atomic mass is 16.5. The number of nitrogens with one attached hydrogen (secondary N) is 1. The highest BCUT2D eigenvalue weighted by Crippen LogP contribution is 2.31.